The molecule has 254 valence electrons. The summed E-state index contributed by atoms with van der Waals surface area (Å²) in [6.45, 7) is 11.8. The van der Waals surface area contributed by atoms with Crippen LogP contribution in [0.3, 0.4) is 0 Å². The number of aromatic nitrogens is 6. The van der Waals surface area contributed by atoms with Gasteiger partial charge in [0.2, 0.25) is 0 Å². The lowest BCUT2D eigenvalue weighted by Gasteiger charge is -2.42. The number of hydrogen-bond acceptors (Lipinski definition) is 11. The van der Waals surface area contributed by atoms with E-state index in [9.17, 15) is 14.4 Å². The van der Waals surface area contributed by atoms with Gasteiger partial charge in [-0.15, -0.1) is 0 Å². The van der Waals surface area contributed by atoms with Crippen molar-refractivity contribution in [1.82, 2.24) is 34.0 Å². The molecule has 0 atom stereocenters. The number of imide groups is 1. The van der Waals surface area contributed by atoms with E-state index in [0.717, 1.165) is 5.56 Å². The van der Waals surface area contributed by atoms with Crippen molar-refractivity contribution in [2.75, 3.05) is 18.0 Å². The van der Waals surface area contributed by atoms with Crippen LogP contribution < -0.4 is 9.64 Å². The van der Waals surface area contributed by atoms with Crippen LogP contribution in [0.1, 0.15) is 65.8 Å². The van der Waals surface area contributed by atoms with Crippen molar-refractivity contribution in [1.29, 1.82) is 0 Å². The van der Waals surface area contributed by atoms with Gasteiger partial charge in [-0.2, -0.15) is 0 Å². The molecule has 2 aliphatic heterocycles. The third kappa shape index (κ3) is 5.70. The van der Waals surface area contributed by atoms with E-state index < -0.39 is 35.0 Å². The van der Waals surface area contributed by atoms with Crippen molar-refractivity contribution in [3.05, 3.63) is 72.6 Å². The second-order valence-corrected chi connectivity index (χ2v) is 14.3. The van der Waals surface area contributed by atoms with Crippen LogP contribution in [0.25, 0.3) is 22.2 Å². The highest BCUT2D eigenvalue weighted by molar-refractivity contribution is 6.02. The molecule has 14 heteroatoms. The summed E-state index contributed by atoms with van der Waals surface area (Å²) in [5.41, 5.74) is 0.198. The number of nitrogens with zero attached hydrogens (tertiary/aromatic N) is 8. The molecule has 0 N–H and O–H groups in total. The van der Waals surface area contributed by atoms with Crippen LogP contribution in [0.5, 0.6) is 5.75 Å². The maximum atomic E-state index is 14.3. The van der Waals surface area contributed by atoms with Crippen molar-refractivity contribution in [3.63, 3.8) is 0 Å². The normalized spacial score (nSPS) is 16.0. The third-order valence-electron chi connectivity index (χ3n) is 8.48. The summed E-state index contributed by atoms with van der Waals surface area (Å²) in [6.07, 6.45) is 2.09. The SMILES string of the molecule is CC(C)(C)OC(=O)N1C(=O)n2c(nc3c(OCc4ccccc4)cccc32)C12CCN(c1ncnc3c1ncn3C(=O)OC(C)(C)C)CC2. The third-order valence-corrected chi connectivity index (χ3v) is 8.48. The molecule has 5 heterocycles. The van der Waals surface area contributed by atoms with Gasteiger partial charge in [0.1, 0.15) is 53.1 Å². The largest absolute Gasteiger partial charge is 0.487 e. The molecule has 0 bridgehead atoms. The summed E-state index contributed by atoms with van der Waals surface area (Å²) in [6, 6.07) is 14.7. The molecule has 2 aliphatic rings. The maximum Gasteiger partial charge on any atom is 0.421 e. The van der Waals surface area contributed by atoms with Crippen molar-refractivity contribution in [3.8, 4) is 5.75 Å². The van der Waals surface area contributed by atoms with Crippen LogP contribution in [0, 0.1) is 0 Å². The van der Waals surface area contributed by atoms with E-state index in [1.54, 1.807) is 47.6 Å². The Hall–Kier alpha value is -5.53. The number of ether oxygens (including phenoxy) is 3. The second kappa shape index (κ2) is 11.6. The Morgan fingerprint density at radius 2 is 1.53 bits per heavy atom. The Balaban J connectivity index is 1.24. The number of amides is 2. The number of hydrogen-bond donors (Lipinski definition) is 0. The van der Waals surface area contributed by atoms with E-state index in [0.29, 0.717) is 72.1 Å². The zero-order valence-corrected chi connectivity index (χ0v) is 28.3. The number of para-hydroxylation sites is 1. The molecule has 14 nitrogen and oxygen atoms in total. The van der Waals surface area contributed by atoms with Crippen LogP contribution in [0.4, 0.5) is 20.2 Å². The van der Waals surface area contributed by atoms with Gasteiger partial charge in [0, 0.05) is 13.1 Å². The molecule has 0 saturated carbocycles. The monoisotopic (exact) mass is 666 g/mol. The van der Waals surface area contributed by atoms with Crippen LogP contribution in [0.2, 0.25) is 0 Å². The Labute approximate surface area is 282 Å². The fourth-order valence-electron chi connectivity index (χ4n) is 6.41. The van der Waals surface area contributed by atoms with Gasteiger partial charge < -0.3 is 19.1 Å². The number of fused-ring (bicyclic) bond motifs is 5. The standard InChI is InChI=1S/C35H38N8O6/c1-33(2,3)48-31(45)41-21-38-26-27(36-20-37-28(26)41)40-17-15-35(16-18-40)29-39-25-23(42(29)30(44)43(35)32(46)49-34(4,5)6)13-10-14-24(25)47-19-22-11-8-7-9-12-22/h7-14,20-21H,15-19H2,1-6H3. The maximum absolute atomic E-state index is 14.3. The van der Waals surface area contributed by atoms with Crippen LogP contribution in [-0.4, -0.2) is 76.5 Å². The summed E-state index contributed by atoms with van der Waals surface area (Å²) < 4.78 is 20.3. The smallest absolute Gasteiger partial charge is 0.421 e. The van der Waals surface area contributed by atoms with E-state index in [1.165, 1.54) is 26.7 Å². The van der Waals surface area contributed by atoms with Gasteiger partial charge in [0.05, 0.1) is 5.52 Å². The molecule has 0 radical (unpaired) electrons. The predicted octanol–water partition coefficient (Wildman–Crippen LogP) is 6.25. The number of piperidine rings is 1. The van der Waals surface area contributed by atoms with Gasteiger partial charge in [-0.3, -0.25) is 0 Å². The minimum Gasteiger partial charge on any atom is -0.487 e. The van der Waals surface area contributed by atoms with Gasteiger partial charge >= 0.3 is 18.2 Å². The van der Waals surface area contributed by atoms with E-state index in [-0.39, 0.29) is 0 Å². The van der Waals surface area contributed by atoms with E-state index >= 15 is 0 Å². The molecule has 1 fully saturated rings. The second-order valence-electron chi connectivity index (χ2n) is 14.3. The minimum absolute atomic E-state index is 0.316. The highest BCUT2D eigenvalue weighted by Gasteiger charge is 2.58. The molecular formula is C35H38N8O6. The average molecular weight is 667 g/mol. The molecule has 2 aromatic carbocycles. The molecule has 1 saturated heterocycles. The van der Waals surface area contributed by atoms with Crippen molar-refractivity contribution < 1.29 is 28.6 Å². The Kier molecular flexibility index (Phi) is 7.56. The minimum atomic E-state index is -1.10. The predicted molar refractivity (Wildman–Crippen MR) is 179 cm³/mol. The number of carbonyl (C=O) groups excluding carboxylic acids is 3. The molecule has 0 unspecified atom stereocenters. The Morgan fingerprint density at radius 1 is 0.837 bits per heavy atom. The zero-order chi connectivity index (χ0) is 34.7. The first kappa shape index (κ1) is 32.0. The summed E-state index contributed by atoms with van der Waals surface area (Å²) >= 11 is 0. The van der Waals surface area contributed by atoms with Gasteiger partial charge in [-0.25, -0.2) is 48.4 Å². The highest BCUT2D eigenvalue weighted by atomic mass is 16.6. The molecule has 2 amide bonds. The summed E-state index contributed by atoms with van der Waals surface area (Å²) in [5.74, 6) is 1.52. The van der Waals surface area contributed by atoms with Crippen molar-refractivity contribution in [2.24, 2.45) is 0 Å². The van der Waals surface area contributed by atoms with Crippen molar-refractivity contribution >= 4 is 46.2 Å². The van der Waals surface area contributed by atoms with E-state index in [4.69, 9.17) is 19.2 Å². The number of rotatable bonds is 4. The number of anilines is 1. The van der Waals surface area contributed by atoms with Crippen molar-refractivity contribution in [2.45, 2.75) is 77.7 Å². The summed E-state index contributed by atoms with van der Waals surface area (Å²) in [7, 11) is 0. The molecule has 1 spiro atoms. The first-order valence-corrected chi connectivity index (χ1v) is 16.2. The summed E-state index contributed by atoms with van der Waals surface area (Å²) in [4.78, 5) is 62.5. The molecular weight excluding hydrogens is 628 g/mol. The quantitative estimate of drug-likeness (QED) is 0.214. The Morgan fingerprint density at radius 3 is 2.22 bits per heavy atom. The molecule has 0 aliphatic carbocycles. The summed E-state index contributed by atoms with van der Waals surface area (Å²) in [5, 5.41) is 0. The van der Waals surface area contributed by atoms with E-state index in [1.807, 2.05) is 47.4 Å². The fourth-order valence-corrected chi connectivity index (χ4v) is 6.41. The number of carbonyl (C=O) groups is 3. The molecule has 49 heavy (non-hydrogen) atoms. The first-order valence-electron chi connectivity index (χ1n) is 16.2. The molecule has 7 rings (SSSR count). The fraction of sp³-hybridized carbons (Fsp3) is 0.400. The first-order chi connectivity index (χ1) is 23.3. The van der Waals surface area contributed by atoms with Gasteiger partial charge in [0.25, 0.3) is 0 Å². The van der Waals surface area contributed by atoms with Crippen LogP contribution in [0.15, 0.2) is 61.2 Å². The lowest BCUT2D eigenvalue weighted by Crippen LogP contribution is -2.55. The van der Waals surface area contributed by atoms with Gasteiger partial charge in [-0.1, -0.05) is 36.4 Å². The van der Waals surface area contributed by atoms with E-state index in [2.05, 4.69) is 15.0 Å². The van der Waals surface area contributed by atoms with Crippen LogP contribution >= 0.6 is 0 Å². The molecule has 3 aromatic heterocycles. The van der Waals surface area contributed by atoms with Gasteiger partial charge in [-0.05, 0) is 72.1 Å². The van der Waals surface area contributed by atoms with Crippen LogP contribution in [-0.2, 0) is 21.6 Å². The number of benzene rings is 2. The van der Waals surface area contributed by atoms with Gasteiger partial charge in [0.15, 0.2) is 17.0 Å². The highest BCUT2D eigenvalue weighted by Crippen LogP contribution is 2.47. The topological polar surface area (TPSA) is 147 Å². The average Bonchev–Trinajstić information content (AvgIpc) is 3.71. The number of imidazole rings is 2. The zero-order valence-electron chi connectivity index (χ0n) is 28.3. The lowest BCUT2D eigenvalue weighted by molar-refractivity contribution is 0.00875. The Bertz CT molecular complexity index is 2080. The molecule has 5 aromatic rings. The lowest BCUT2D eigenvalue weighted by atomic mass is 9.86.